The highest BCUT2D eigenvalue weighted by Gasteiger charge is 2.59. The molecule has 3 fully saturated rings. The van der Waals surface area contributed by atoms with Gasteiger partial charge in [0.2, 0.25) is 4.38 Å². The van der Waals surface area contributed by atoms with Gasteiger partial charge in [0.1, 0.15) is 6.10 Å². The van der Waals surface area contributed by atoms with E-state index in [1.54, 1.807) is 17.3 Å². The van der Waals surface area contributed by atoms with Gasteiger partial charge in [-0.1, -0.05) is 77.3 Å². The number of ether oxygens (including phenoxy) is 1. The standard InChI is InChI=1S/C29H48OS2/c1-19(2)8-7-9-20(3)24-12-13-25-23-11-10-21-18-22(30-27(31)32-6)14-16-28(21,4)26(23)15-17-29(24,25)5/h10,19-20,22-26H,7-9,11-18H2,1-6H3/t20-,22+,23+,24-,25+,26+,28+,29-/m1/s1. The number of hydrogen-bond donors (Lipinski definition) is 0. The molecule has 4 rings (SSSR count). The van der Waals surface area contributed by atoms with Crippen molar-refractivity contribution in [1.29, 1.82) is 0 Å². The van der Waals surface area contributed by atoms with E-state index in [1.807, 2.05) is 6.26 Å². The lowest BCUT2D eigenvalue weighted by Gasteiger charge is -2.58. The highest BCUT2D eigenvalue weighted by molar-refractivity contribution is 8.22. The Morgan fingerprint density at radius 3 is 2.59 bits per heavy atom. The van der Waals surface area contributed by atoms with Gasteiger partial charge in [0.05, 0.1) is 0 Å². The van der Waals surface area contributed by atoms with Crippen LogP contribution in [0.15, 0.2) is 11.6 Å². The van der Waals surface area contributed by atoms with Gasteiger partial charge in [-0.25, -0.2) is 0 Å². The lowest BCUT2D eigenvalue weighted by molar-refractivity contribution is -0.0561. The summed E-state index contributed by atoms with van der Waals surface area (Å²) in [6.07, 6.45) is 20.1. The van der Waals surface area contributed by atoms with Crippen molar-refractivity contribution in [2.75, 3.05) is 6.26 Å². The molecule has 0 heterocycles. The van der Waals surface area contributed by atoms with Crippen LogP contribution in [0, 0.1) is 46.3 Å². The summed E-state index contributed by atoms with van der Waals surface area (Å²) >= 11 is 6.93. The lowest BCUT2D eigenvalue weighted by atomic mass is 9.47. The van der Waals surface area contributed by atoms with Gasteiger partial charge in [0, 0.05) is 6.42 Å². The van der Waals surface area contributed by atoms with Crippen LogP contribution >= 0.6 is 24.0 Å². The number of fused-ring (bicyclic) bond motifs is 5. The van der Waals surface area contributed by atoms with E-state index in [-0.39, 0.29) is 0 Å². The quantitative estimate of drug-likeness (QED) is 0.279. The Labute approximate surface area is 208 Å². The molecule has 4 aliphatic carbocycles. The molecule has 0 unspecified atom stereocenters. The van der Waals surface area contributed by atoms with E-state index in [0.29, 0.717) is 16.9 Å². The Balaban J connectivity index is 1.45. The molecule has 3 saturated carbocycles. The number of thioether (sulfide) groups is 1. The molecule has 0 amide bonds. The molecule has 3 heteroatoms. The Kier molecular flexibility index (Phi) is 7.78. The second-order valence-electron chi connectivity index (χ2n) is 12.7. The van der Waals surface area contributed by atoms with Crippen LogP contribution in [0.4, 0.5) is 0 Å². The van der Waals surface area contributed by atoms with Crippen molar-refractivity contribution >= 4 is 28.4 Å². The van der Waals surface area contributed by atoms with Crippen molar-refractivity contribution in [3.05, 3.63) is 11.6 Å². The number of rotatable bonds is 6. The molecule has 0 N–H and O–H groups in total. The average Bonchev–Trinajstić information content (AvgIpc) is 3.11. The highest BCUT2D eigenvalue weighted by atomic mass is 32.2. The maximum Gasteiger partial charge on any atom is 0.219 e. The molecule has 182 valence electrons. The first kappa shape index (κ1) is 25.1. The molecule has 1 nitrogen and oxygen atoms in total. The molecule has 0 aromatic heterocycles. The summed E-state index contributed by atoms with van der Waals surface area (Å²) in [7, 11) is 0. The van der Waals surface area contributed by atoms with Crippen LogP contribution in [0.2, 0.25) is 0 Å². The molecular weight excluding hydrogens is 428 g/mol. The second kappa shape index (κ2) is 9.92. The van der Waals surface area contributed by atoms with E-state index in [2.05, 4.69) is 40.7 Å². The average molecular weight is 477 g/mol. The molecule has 32 heavy (non-hydrogen) atoms. The second-order valence-corrected chi connectivity index (χ2v) is 14.1. The van der Waals surface area contributed by atoms with Crippen LogP contribution in [-0.2, 0) is 4.74 Å². The zero-order valence-corrected chi connectivity index (χ0v) is 23.3. The van der Waals surface area contributed by atoms with Gasteiger partial charge in [0.15, 0.2) is 0 Å². The normalized spacial score (nSPS) is 42.0. The summed E-state index contributed by atoms with van der Waals surface area (Å²) in [6.45, 7) is 12.7. The van der Waals surface area contributed by atoms with Crippen LogP contribution in [0.5, 0.6) is 0 Å². The SMILES string of the molecule is CSC(=S)O[C@H]1CC[C@@]2(C)C(=CC[C@H]3[C@@H]4CC[C@H]([C@H](C)CCCC(C)C)[C@@]4(C)CC[C@@H]32)C1. The molecule has 0 saturated heterocycles. The molecule has 0 bridgehead atoms. The lowest BCUT2D eigenvalue weighted by Crippen LogP contribution is -2.51. The predicted molar refractivity (Wildman–Crippen MR) is 144 cm³/mol. The number of hydrogen-bond acceptors (Lipinski definition) is 3. The molecule has 0 spiro atoms. The molecule has 0 aromatic carbocycles. The van der Waals surface area contributed by atoms with Crippen molar-refractivity contribution in [3.63, 3.8) is 0 Å². The van der Waals surface area contributed by atoms with E-state index < -0.39 is 0 Å². The minimum atomic E-state index is 0.308. The van der Waals surface area contributed by atoms with Crippen molar-refractivity contribution < 1.29 is 4.74 Å². The minimum absolute atomic E-state index is 0.308. The van der Waals surface area contributed by atoms with E-state index in [1.165, 1.54) is 64.2 Å². The van der Waals surface area contributed by atoms with Crippen LogP contribution < -0.4 is 0 Å². The summed E-state index contributed by atoms with van der Waals surface area (Å²) < 4.78 is 6.82. The molecule has 0 radical (unpaired) electrons. The van der Waals surface area contributed by atoms with Crippen LogP contribution in [-0.4, -0.2) is 16.7 Å². The topological polar surface area (TPSA) is 9.23 Å². The van der Waals surface area contributed by atoms with E-state index in [9.17, 15) is 0 Å². The van der Waals surface area contributed by atoms with Crippen molar-refractivity contribution in [2.24, 2.45) is 46.3 Å². The molecular formula is C29H48OS2. The zero-order valence-electron chi connectivity index (χ0n) is 21.6. The summed E-state index contributed by atoms with van der Waals surface area (Å²) in [5.74, 6) is 5.47. The van der Waals surface area contributed by atoms with Crippen molar-refractivity contribution in [1.82, 2.24) is 0 Å². The first-order chi connectivity index (χ1) is 15.2. The van der Waals surface area contributed by atoms with Crippen LogP contribution in [0.1, 0.15) is 105 Å². The zero-order chi connectivity index (χ0) is 23.1. The maximum atomic E-state index is 6.10. The molecule has 8 atom stereocenters. The highest BCUT2D eigenvalue weighted by Crippen LogP contribution is 2.67. The van der Waals surface area contributed by atoms with Crippen molar-refractivity contribution in [3.8, 4) is 0 Å². The molecule has 0 aromatic rings. The molecule has 4 aliphatic rings. The van der Waals surface area contributed by atoms with Gasteiger partial charge in [-0.15, -0.1) is 0 Å². The van der Waals surface area contributed by atoms with Crippen molar-refractivity contribution in [2.45, 2.75) is 111 Å². The maximum absolute atomic E-state index is 6.10. The predicted octanol–water partition coefficient (Wildman–Crippen LogP) is 9.06. The first-order valence-corrected chi connectivity index (χ1v) is 15.3. The van der Waals surface area contributed by atoms with E-state index in [4.69, 9.17) is 17.0 Å². The fourth-order valence-electron chi connectivity index (χ4n) is 8.94. The summed E-state index contributed by atoms with van der Waals surface area (Å²) in [4.78, 5) is 0. The Hall–Kier alpha value is -0.0200. The van der Waals surface area contributed by atoms with Gasteiger partial charge in [0.25, 0.3) is 0 Å². The summed E-state index contributed by atoms with van der Waals surface area (Å²) in [6, 6.07) is 0. The summed E-state index contributed by atoms with van der Waals surface area (Å²) in [5.41, 5.74) is 2.70. The third-order valence-corrected chi connectivity index (χ3v) is 11.7. The first-order valence-electron chi connectivity index (χ1n) is 13.6. The van der Waals surface area contributed by atoms with Gasteiger partial charge >= 0.3 is 0 Å². The number of thiocarbonyl (C=S) groups is 1. The Morgan fingerprint density at radius 1 is 1.09 bits per heavy atom. The van der Waals surface area contributed by atoms with Gasteiger partial charge in [-0.2, -0.15) is 0 Å². The van der Waals surface area contributed by atoms with Crippen LogP contribution in [0.25, 0.3) is 0 Å². The monoisotopic (exact) mass is 476 g/mol. The largest absolute Gasteiger partial charge is 0.475 e. The number of allylic oxidation sites excluding steroid dienone is 1. The van der Waals surface area contributed by atoms with Crippen LogP contribution in [0.3, 0.4) is 0 Å². The fraction of sp³-hybridized carbons (Fsp3) is 0.897. The minimum Gasteiger partial charge on any atom is -0.475 e. The molecule has 0 aliphatic heterocycles. The van der Waals surface area contributed by atoms with E-state index in [0.717, 1.165) is 46.3 Å². The van der Waals surface area contributed by atoms with E-state index >= 15 is 0 Å². The van der Waals surface area contributed by atoms with Gasteiger partial charge in [-0.05, 0) is 110 Å². The Morgan fingerprint density at radius 2 is 1.88 bits per heavy atom. The smallest absolute Gasteiger partial charge is 0.219 e. The summed E-state index contributed by atoms with van der Waals surface area (Å²) in [5, 5.41) is 0. The van der Waals surface area contributed by atoms with Gasteiger partial charge in [-0.3, -0.25) is 0 Å². The Bertz CT molecular complexity index is 714. The third kappa shape index (κ3) is 4.60. The fourth-order valence-corrected chi connectivity index (χ4v) is 9.31. The third-order valence-electron chi connectivity index (χ3n) is 10.7. The van der Waals surface area contributed by atoms with Gasteiger partial charge < -0.3 is 4.74 Å².